The molecule has 1 N–H and O–H groups in total. The van der Waals surface area contributed by atoms with Gasteiger partial charge in [-0.05, 0) is 36.2 Å². The van der Waals surface area contributed by atoms with E-state index in [1.807, 2.05) is 31.2 Å². The van der Waals surface area contributed by atoms with Crippen LogP contribution in [-0.4, -0.2) is 31.2 Å². The van der Waals surface area contributed by atoms with Gasteiger partial charge in [0.2, 0.25) is 0 Å². The average molecular weight is 223 g/mol. The van der Waals surface area contributed by atoms with Gasteiger partial charge in [0.25, 0.3) is 0 Å². The second kappa shape index (κ2) is 6.85. The largest absolute Gasteiger partial charge is 0.491 e. The van der Waals surface area contributed by atoms with E-state index in [1.54, 1.807) is 7.11 Å². The summed E-state index contributed by atoms with van der Waals surface area (Å²) in [6.07, 6.45) is 0.695. The van der Waals surface area contributed by atoms with Crippen LogP contribution in [0, 0.1) is 0 Å². The highest BCUT2D eigenvalue weighted by Gasteiger charge is 2.01. The quantitative estimate of drug-likeness (QED) is 0.348. The summed E-state index contributed by atoms with van der Waals surface area (Å²) >= 11 is 0. The first-order chi connectivity index (χ1) is 7.81. The minimum Gasteiger partial charge on any atom is -0.491 e. The summed E-state index contributed by atoms with van der Waals surface area (Å²) in [4.78, 5) is 0. The number of methoxy groups -OCH3 is 1. The molecule has 0 bridgehead atoms. The number of oxime groups is 1. The highest BCUT2D eigenvalue weighted by molar-refractivity contribution is 6.00. The molecule has 0 heterocycles. The molecule has 0 amide bonds. The van der Waals surface area contributed by atoms with Crippen LogP contribution < -0.4 is 4.74 Å². The molecule has 0 aromatic heterocycles. The molecule has 0 unspecified atom stereocenters. The van der Waals surface area contributed by atoms with Crippen molar-refractivity contribution >= 4 is 5.71 Å². The lowest BCUT2D eigenvalue weighted by atomic mass is 10.1. The smallest absolute Gasteiger partial charge is 0.119 e. The molecule has 1 aromatic rings. The third-order valence-corrected chi connectivity index (χ3v) is 2.20. The van der Waals surface area contributed by atoms with Crippen LogP contribution in [-0.2, 0) is 4.74 Å². The van der Waals surface area contributed by atoms with Crippen molar-refractivity contribution in [3.63, 3.8) is 0 Å². The Kier molecular flexibility index (Phi) is 5.36. The maximum Gasteiger partial charge on any atom is 0.119 e. The number of ether oxygens (including phenoxy) is 2. The van der Waals surface area contributed by atoms with Gasteiger partial charge in [0.15, 0.2) is 0 Å². The number of nitrogens with zero attached hydrogens (tertiary/aromatic N) is 1. The lowest BCUT2D eigenvalue weighted by molar-refractivity contribution is 0.146. The van der Waals surface area contributed by atoms with E-state index < -0.39 is 0 Å². The first kappa shape index (κ1) is 12.5. The number of hydrogen-bond acceptors (Lipinski definition) is 4. The SMILES string of the molecule is CCC(=NO)c1ccc(OCCOC)cc1. The van der Waals surface area contributed by atoms with E-state index in [9.17, 15) is 0 Å². The van der Waals surface area contributed by atoms with Crippen molar-refractivity contribution in [2.75, 3.05) is 20.3 Å². The Morgan fingerprint density at radius 2 is 1.94 bits per heavy atom. The molecule has 0 aliphatic carbocycles. The fraction of sp³-hybridized carbons (Fsp3) is 0.417. The highest BCUT2D eigenvalue weighted by atomic mass is 16.5. The Balaban J connectivity index is 2.60. The summed E-state index contributed by atoms with van der Waals surface area (Å²) < 4.78 is 10.3. The second-order valence-corrected chi connectivity index (χ2v) is 3.27. The van der Waals surface area contributed by atoms with Gasteiger partial charge >= 0.3 is 0 Å². The Bertz CT molecular complexity index is 333. The molecule has 0 aliphatic rings. The Morgan fingerprint density at radius 1 is 1.25 bits per heavy atom. The van der Waals surface area contributed by atoms with E-state index in [4.69, 9.17) is 14.7 Å². The topological polar surface area (TPSA) is 51.1 Å². The zero-order valence-electron chi connectivity index (χ0n) is 9.64. The first-order valence-electron chi connectivity index (χ1n) is 5.25. The minimum absolute atomic E-state index is 0.532. The Labute approximate surface area is 95.5 Å². The summed E-state index contributed by atoms with van der Waals surface area (Å²) in [5.74, 6) is 0.786. The van der Waals surface area contributed by atoms with Crippen molar-refractivity contribution in [2.24, 2.45) is 5.16 Å². The van der Waals surface area contributed by atoms with Crippen molar-refractivity contribution in [3.05, 3.63) is 29.8 Å². The molecule has 0 aliphatic heterocycles. The van der Waals surface area contributed by atoms with Gasteiger partial charge in [-0.25, -0.2) is 0 Å². The van der Waals surface area contributed by atoms with Crippen molar-refractivity contribution in [2.45, 2.75) is 13.3 Å². The van der Waals surface area contributed by atoms with Crippen molar-refractivity contribution < 1.29 is 14.7 Å². The van der Waals surface area contributed by atoms with E-state index in [0.29, 0.717) is 25.3 Å². The normalized spacial score (nSPS) is 11.5. The van der Waals surface area contributed by atoms with Gasteiger partial charge in [0.05, 0.1) is 12.3 Å². The second-order valence-electron chi connectivity index (χ2n) is 3.27. The average Bonchev–Trinajstić information content (AvgIpc) is 2.33. The van der Waals surface area contributed by atoms with Crippen LogP contribution in [0.15, 0.2) is 29.4 Å². The fourth-order valence-corrected chi connectivity index (χ4v) is 1.32. The predicted octanol–water partition coefficient (Wildman–Crippen LogP) is 2.30. The number of rotatable bonds is 6. The molecule has 0 spiro atoms. The monoisotopic (exact) mass is 223 g/mol. The molecule has 4 heteroatoms. The van der Waals surface area contributed by atoms with Gasteiger partial charge in [-0.15, -0.1) is 0 Å². The zero-order valence-corrected chi connectivity index (χ0v) is 9.64. The highest BCUT2D eigenvalue weighted by Crippen LogP contribution is 2.13. The van der Waals surface area contributed by atoms with E-state index >= 15 is 0 Å². The van der Waals surface area contributed by atoms with Gasteiger partial charge in [-0.3, -0.25) is 0 Å². The van der Waals surface area contributed by atoms with Crippen LogP contribution in [0.3, 0.4) is 0 Å². The number of benzene rings is 1. The molecular formula is C12H17NO3. The van der Waals surface area contributed by atoms with Gasteiger partial charge < -0.3 is 14.7 Å². The lowest BCUT2D eigenvalue weighted by Crippen LogP contribution is -2.04. The summed E-state index contributed by atoms with van der Waals surface area (Å²) in [6.45, 7) is 3.04. The van der Waals surface area contributed by atoms with E-state index in [1.165, 1.54) is 0 Å². The van der Waals surface area contributed by atoms with Gasteiger partial charge in [0.1, 0.15) is 12.4 Å². The van der Waals surface area contributed by atoms with Crippen molar-refractivity contribution in [3.8, 4) is 5.75 Å². The van der Waals surface area contributed by atoms with Crippen LogP contribution in [0.4, 0.5) is 0 Å². The van der Waals surface area contributed by atoms with E-state index in [0.717, 1.165) is 11.3 Å². The van der Waals surface area contributed by atoms with Gasteiger partial charge in [-0.1, -0.05) is 12.1 Å². The van der Waals surface area contributed by atoms with Crippen LogP contribution in [0.5, 0.6) is 5.75 Å². The van der Waals surface area contributed by atoms with E-state index in [2.05, 4.69) is 5.16 Å². The van der Waals surface area contributed by atoms with Crippen LogP contribution >= 0.6 is 0 Å². The molecule has 1 aromatic carbocycles. The molecule has 0 radical (unpaired) electrons. The lowest BCUT2D eigenvalue weighted by Gasteiger charge is -2.06. The molecule has 0 saturated heterocycles. The van der Waals surface area contributed by atoms with Crippen molar-refractivity contribution in [1.82, 2.24) is 0 Å². The van der Waals surface area contributed by atoms with Crippen LogP contribution in [0.2, 0.25) is 0 Å². The summed E-state index contributed by atoms with van der Waals surface area (Å²) in [6, 6.07) is 7.46. The molecular weight excluding hydrogens is 206 g/mol. The van der Waals surface area contributed by atoms with Gasteiger partial charge in [-0.2, -0.15) is 0 Å². The molecule has 88 valence electrons. The molecule has 0 saturated carbocycles. The molecule has 16 heavy (non-hydrogen) atoms. The van der Waals surface area contributed by atoms with Crippen molar-refractivity contribution in [1.29, 1.82) is 0 Å². The summed E-state index contributed by atoms with van der Waals surface area (Å²) in [7, 11) is 1.64. The minimum atomic E-state index is 0.532. The predicted molar refractivity (Wildman–Crippen MR) is 62.4 cm³/mol. The standard InChI is InChI=1S/C12H17NO3/c1-3-12(13-14)10-4-6-11(7-5-10)16-9-8-15-2/h4-7,14H,3,8-9H2,1-2H3. The Hall–Kier alpha value is -1.55. The molecule has 1 rings (SSSR count). The summed E-state index contributed by atoms with van der Waals surface area (Å²) in [5.41, 5.74) is 1.58. The van der Waals surface area contributed by atoms with Crippen LogP contribution in [0.1, 0.15) is 18.9 Å². The third kappa shape index (κ3) is 3.55. The van der Waals surface area contributed by atoms with Crippen LogP contribution in [0.25, 0.3) is 0 Å². The third-order valence-electron chi connectivity index (χ3n) is 2.20. The molecule has 4 nitrogen and oxygen atoms in total. The molecule has 0 fully saturated rings. The number of hydrogen-bond donors (Lipinski definition) is 1. The maximum absolute atomic E-state index is 8.76. The first-order valence-corrected chi connectivity index (χ1v) is 5.25. The zero-order chi connectivity index (χ0) is 11.8. The summed E-state index contributed by atoms with van der Waals surface area (Å²) in [5, 5.41) is 12.0. The molecule has 0 atom stereocenters. The fourth-order valence-electron chi connectivity index (χ4n) is 1.32. The van der Waals surface area contributed by atoms with E-state index in [-0.39, 0.29) is 0 Å². The van der Waals surface area contributed by atoms with Gasteiger partial charge in [0, 0.05) is 7.11 Å². The Morgan fingerprint density at radius 3 is 2.44 bits per heavy atom. The maximum atomic E-state index is 8.76.